The Hall–Kier alpha value is -4.90. The van der Waals surface area contributed by atoms with Gasteiger partial charge in [-0.15, -0.1) is 0 Å². The summed E-state index contributed by atoms with van der Waals surface area (Å²) in [4.78, 5) is 51.1. The number of carboxylic acid groups (broad SMARTS) is 1. The van der Waals surface area contributed by atoms with E-state index in [1.807, 2.05) is 73.7 Å². The number of benzene rings is 3. The third-order valence-corrected chi connectivity index (χ3v) is 8.32. The first-order chi connectivity index (χ1) is 23.3. The number of rotatable bonds is 18. The van der Waals surface area contributed by atoms with E-state index in [2.05, 4.69) is 21.3 Å². The van der Waals surface area contributed by atoms with Crippen LogP contribution in [0.15, 0.2) is 78.9 Å². The number of hydrogen-bond donors (Lipinski definition) is 5. The van der Waals surface area contributed by atoms with Crippen LogP contribution in [0, 0.1) is 12.8 Å². The summed E-state index contributed by atoms with van der Waals surface area (Å²) in [7, 11) is 0. The molecule has 1 unspecified atom stereocenters. The normalized spacial score (nSPS) is 15.1. The van der Waals surface area contributed by atoms with Crippen LogP contribution in [0.3, 0.4) is 0 Å². The number of carbonyl (C=O) groups excluding carboxylic acids is 3. The van der Waals surface area contributed by atoms with Crippen LogP contribution in [-0.2, 0) is 38.7 Å². The van der Waals surface area contributed by atoms with Crippen molar-refractivity contribution in [2.24, 2.45) is 5.92 Å². The molecule has 0 radical (unpaired) electrons. The third-order valence-electron chi connectivity index (χ3n) is 8.32. The van der Waals surface area contributed by atoms with Gasteiger partial charge in [-0.25, -0.2) is 4.79 Å². The number of amides is 3. The molecule has 1 fully saturated rings. The van der Waals surface area contributed by atoms with Crippen LogP contribution in [0.1, 0.15) is 54.4 Å². The lowest BCUT2D eigenvalue weighted by molar-refractivity contribution is -0.137. The van der Waals surface area contributed by atoms with E-state index in [0.29, 0.717) is 25.4 Å². The fourth-order valence-corrected chi connectivity index (χ4v) is 5.43. The molecule has 1 heterocycles. The molecule has 5 N–H and O–H groups in total. The molecule has 0 bridgehead atoms. The van der Waals surface area contributed by atoms with Crippen LogP contribution in [0.2, 0.25) is 0 Å². The van der Waals surface area contributed by atoms with Crippen molar-refractivity contribution in [2.45, 2.75) is 70.7 Å². The maximum Gasteiger partial charge on any atom is 0.408 e. The molecule has 1 aliphatic heterocycles. The Kier molecular flexibility index (Phi) is 14.3. The van der Waals surface area contributed by atoms with E-state index in [-0.39, 0.29) is 38.3 Å². The van der Waals surface area contributed by atoms with Crippen LogP contribution >= 0.6 is 0 Å². The summed E-state index contributed by atoms with van der Waals surface area (Å²) in [5.74, 6) is -0.783. The SMILES string of the molecule is Cc1ccc(OCC2CCNC2)cc1CNC(=O)[C@H](CCc1ccccc1)NC(=O)[C@H](CCCC(=O)O)NC(=O)OCc1ccccc1. The molecule has 3 aromatic carbocycles. The predicted molar refractivity (Wildman–Crippen MR) is 181 cm³/mol. The fraction of sp³-hybridized carbons (Fsp3) is 0.405. The average molecular weight is 659 g/mol. The van der Waals surface area contributed by atoms with Crippen molar-refractivity contribution in [1.82, 2.24) is 21.3 Å². The van der Waals surface area contributed by atoms with Crippen LogP contribution < -0.4 is 26.0 Å². The Balaban J connectivity index is 1.41. The highest BCUT2D eigenvalue weighted by atomic mass is 16.5. The lowest BCUT2D eigenvalue weighted by atomic mass is 10.0. The van der Waals surface area contributed by atoms with Crippen molar-refractivity contribution in [3.63, 3.8) is 0 Å². The topological polar surface area (TPSA) is 155 Å². The van der Waals surface area contributed by atoms with Gasteiger partial charge in [0.1, 0.15) is 24.4 Å². The van der Waals surface area contributed by atoms with Crippen LogP contribution in [0.25, 0.3) is 0 Å². The van der Waals surface area contributed by atoms with Crippen molar-refractivity contribution in [3.8, 4) is 5.75 Å². The largest absolute Gasteiger partial charge is 0.493 e. The van der Waals surface area contributed by atoms with Crippen LogP contribution in [-0.4, -0.2) is 60.8 Å². The highest BCUT2D eigenvalue weighted by Gasteiger charge is 2.27. The Labute approximate surface area is 281 Å². The van der Waals surface area contributed by atoms with Crippen molar-refractivity contribution in [3.05, 3.63) is 101 Å². The molecule has 3 atom stereocenters. The zero-order chi connectivity index (χ0) is 34.1. The minimum absolute atomic E-state index is 0.00168. The molecule has 256 valence electrons. The monoisotopic (exact) mass is 658 g/mol. The number of aliphatic carboxylic acids is 1. The maximum absolute atomic E-state index is 13.6. The molecule has 11 heteroatoms. The van der Waals surface area contributed by atoms with Crippen molar-refractivity contribution in [1.29, 1.82) is 0 Å². The minimum atomic E-state index is -1.11. The molecule has 3 aromatic rings. The third kappa shape index (κ3) is 12.4. The van der Waals surface area contributed by atoms with Gasteiger partial charge >= 0.3 is 12.1 Å². The summed E-state index contributed by atoms with van der Waals surface area (Å²) in [6.45, 7) is 4.76. The van der Waals surface area contributed by atoms with E-state index in [1.54, 1.807) is 12.1 Å². The van der Waals surface area contributed by atoms with Crippen LogP contribution in [0.4, 0.5) is 4.79 Å². The maximum atomic E-state index is 13.6. The van der Waals surface area contributed by atoms with E-state index in [4.69, 9.17) is 14.6 Å². The number of nitrogens with one attached hydrogen (secondary N) is 4. The molecule has 0 aliphatic carbocycles. The second kappa shape index (κ2) is 19.0. The van der Waals surface area contributed by atoms with Crippen molar-refractivity contribution >= 4 is 23.9 Å². The van der Waals surface area contributed by atoms with E-state index in [1.165, 1.54) is 0 Å². The summed E-state index contributed by atoms with van der Waals surface area (Å²) >= 11 is 0. The summed E-state index contributed by atoms with van der Waals surface area (Å²) in [6.07, 6.45) is 1.10. The smallest absolute Gasteiger partial charge is 0.408 e. The molecule has 11 nitrogen and oxygen atoms in total. The number of hydrogen-bond acceptors (Lipinski definition) is 7. The van der Waals surface area contributed by atoms with Gasteiger partial charge in [0.25, 0.3) is 0 Å². The number of carbonyl (C=O) groups is 4. The van der Waals surface area contributed by atoms with E-state index in [0.717, 1.165) is 47.5 Å². The molecule has 0 aromatic heterocycles. The highest BCUT2D eigenvalue weighted by molar-refractivity contribution is 5.91. The lowest BCUT2D eigenvalue weighted by Crippen LogP contribution is -2.53. The van der Waals surface area contributed by atoms with E-state index in [9.17, 15) is 19.2 Å². The van der Waals surface area contributed by atoms with Crippen molar-refractivity contribution in [2.75, 3.05) is 19.7 Å². The van der Waals surface area contributed by atoms with Gasteiger partial charge in [0.05, 0.1) is 6.61 Å². The van der Waals surface area contributed by atoms with Crippen LogP contribution in [0.5, 0.6) is 5.75 Å². The number of carboxylic acids is 1. The van der Waals surface area contributed by atoms with Gasteiger partial charge in [0, 0.05) is 25.4 Å². The lowest BCUT2D eigenvalue weighted by Gasteiger charge is -2.23. The first kappa shape index (κ1) is 35.9. The highest BCUT2D eigenvalue weighted by Crippen LogP contribution is 2.20. The van der Waals surface area contributed by atoms with Gasteiger partial charge < -0.3 is 35.8 Å². The summed E-state index contributed by atoms with van der Waals surface area (Å²) < 4.78 is 11.3. The summed E-state index contributed by atoms with van der Waals surface area (Å²) in [5, 5.41) is 20.8. The zero-order valence-corrected chi connectivity index (χ0v) is 27.4. The van der Waals surface area contributed by atoms with Gasteiger partial charge in [-0.05, 0) is 80.0 Å². The fourth-order valence-electron chi connectivity index (χ4n) is 5.43. The van der Waals surface area contributed by atoms with Gasteiger partial charge in [-0.3, -0.25) is 14.4 Å². The quantitative estimate of drug-likeness (QED) is 0.136. The first-order valence-corrected chi connectivity index (χ1v) is 16.5. The number of ether oxygens (including phenoxy) is 2. The molecular formula is C37H46N4O7. The number of aryl methyl sites for hydroxylation is 2. The van der Waals surface area contributed by atoms with E-state index >= 15 is 0 Å². The Morgan fingerprint density at radius 1 is 0.896 bits per heavy atom. The van der Waals surface area contributed by atoms with Gasteiger partial charge in [0.2, 0.25) is 11.8 Å². The Bertz CT molecular complexity index is 1480. The second-order valence-corrected chi connectivity index (χ2v) is 12.1. The standard InChI is InChI=1S/C37H46N4O7/c1-26-15-17-31(47-25-29-19-20-38-22-29)21-30(26)23-39-35(44)33(18-16-27-9-4-2-5-10-27)40-36(45)32(13-8-14-34(42)43)41-37(46)48-24-28-11-6-3-7-12-28/h2-7,9-12,15,17,21,29,32-33,38H,8,13-14,16,18-20,22-25H2,1H3,(H,39,44)(H,40,45)(H,41,46)(H,42,43)/t29?,32-,33-/m0/s1. The molecule has 0 saturated carbocycles. The molecule has 1 aliphatic rings. The molecule has 4 rings (SSSR count). The van der Waals surface area contributed by atoms with Gasteiger partial charge in [-0.2, -0.15) is 0 Å². The minimum Gasteiger partial charge on any atom is -0.493 e. The molecule has 3 amide bonds. The second-order valence-electron chi connectivity index (χ2n) is 12.1. The zero-order valence-electron chi connectivity index (χ0n) is 27.4. The van der Waals surface area contributed by atoms with Gasteiger partial charge in [0.15, 0.2) is 0 Å². The Morgan fingerprint density at radius 2 is 1.60 bits per heavy atom. The number of alkyl carbamates (subject to hydrolysis) is 1. The Morgan fingerprint density at radius 3 is 2.29 bits per heavy atom. The summed E-state index contributed by atoms with van der Waals surface area (Å²) in [6, 6.07) is 22.5. The van der Waals surface area contributed by atoms with Gasteiger partial charge in [-0.1, -0.05) is 66.7 Å². The molecule has 0 spiro atoms. The molecule has 1 saturated heterocycles. The average Bonchev–Trinajstić information content (AvgIpc) is 3.62. The molecule has 48 heavy (non-hydrogen) atoms. The molecular weight excluding hydrogens is 612 g/mol. The first-order valence-electron chi connectivity index (χ1n) is 16.5. The van der Waals surface area contributed by atoms with E-state index < -0.39 is 30.1 Å². The predicted octanol–water partition coefficient (Wildman–Crippen LogP) is 4.27. The summed E-state index contributed by atoms with van der Waals surface area (Å²) in [5.41, 5.74) is 3.67. The van der Waals surface area contributed by atoms with Crippen molar-refractivity contribution < 1.29 is 33.8 Å².